The number of nitro groups is 1. The zero-order valence-electron chi connectivity index (χ0n) is 10.8. The van der Waals surface area contributed by atoms with Crippen LogP contribution in [0.2, 0.25) is 0 Å². The van der Waals surface area contributed by atoms with Gasteiger partial charge in [-0.05, 0) is 5.56 Å². The first kappa shape index (κ1) is 14.8. The first-order chi connectivity index (χ1) is 9.99. The van der Waals surface area contributed by atoms with Crippen molar-refractivity contribution in [3.8, 4) is 0 Å². The SMILES string of the molecule is O=C(Cc1ccc([N+](=O)[O-])cc1C(F)F)c1ccccc1. The highest BCUT2D eigenvalue weighted by atomic mass is 19.3. The minimum absolute atomic E-state index is 0.101. The van der Waals surface area contributed by atoms with Gasteiger partial charge in [0.15, 0.2) is 5.78 Å². The van der Waals surface area contributed by atoms with Crippen LogP contribution in [0.4, 0.5) is 14.5 Å². The Hall–Kier alpha value is -2.63. The lowest BCUT2D eigenvalue weighted by Gasteiger charge is -2.08. The molecular weight excluding hydrogens is 280 g/mol. The molecule has 0 fully saturated rings. The van der Waals surface area contributed by atoms with Crippen LogP contribution in [0.1, 0.15) is 27.9 Å². The van der Waals surface area contributed by atoms with Crippen LogP contribution in [0, 0.1) is 10.1 Å². The number of halogens is 2. The number of ketones is 1. The van der Waals surface area contributed by atoms with E-state index in [1.165, 1.54) is 6.07 Å². The predicted molar refractivity (Wildman–Crippen MR) is 72.5 cm³/mol. The Morgan fingerprint density at radius 1 is 1.14 bits per heavy atom. The first-order valence-corrected chi connectivity index (χ1v) is 6.12. The van der Waals surface area contributed by atoms with Crippen molar-refractivity contribution in [2.75, 3.05) is 0 Å². The van der Waals surface area contributed by atoms with Crippen molar-refractivity contribution in [3.63, 3.8) is 0 Å². The number of carbonyl (C=O) groups excluding carboxylic acids is 1. The average Bonchev–Trinajstić information content (AvgIpc) is 2.48. The molecule has 0 atom stereocenters. The highest BCUT2D eigenvalue weighted by Gasteiger charge is 2.19. The summed E-state index contributed by atoms with van der Waals surface area (Å²) in [6, 6.07) is 11.4. The molecule has 0 bridgehead atoms. The summed E-state index contributed by atoms with van der Waals surface area (Å²) in [5.74, 6) is -0.314. The summed E-state index contributed by atoms with van der Waals surface area (Å²) >= 11 is 0. The quantitative estimate of drug-likeness (QED) is 0.476. The third-order valence-electron chi connectivity index (χ3n) is 3.02. The number of carbonyl (C=O) groups is 1. The molecule has 2 aromatic carbocycles. The van der Waals surface area contributed by atoms with Gasteiger partial charge >= 0.3 is 0 Å². The van der Waals surface area contributed by atoms with Gasteiger partial charge in [-0.1, -0.05) is 36.4 Å². The maximum absolute atomic E-state index is 13.0. The first-order valence-electron chi connectivity index (χ1n) is 6.12. The van der Waals surface area contributed by atoms with Gasteiger partial charge < -0.3 is 0 Å². The molecule has 0 spiro atoms. The zero-order valence-corrected chi connectivity index (χ0v) is 10.8. The highest BCUT2D eigenvalue weighted by molar-refractivity contribution is 5.97. The van der Waals surface area contributed by atoms with Gasteiger partial charge in [-0.3, -0.25) is 14.9 Å². The Kier molecular flexibility index (Phi) is 4.37. The Morgan fingerprint density at radius 3 is 2.38 bits per heavy atom. The van der Waals surface area contributed by atoms with E-state index >= 15 is 0 Å². The predicted octanol–water partition coefficient (Wildman–Crippen LogP) is 3.96. The highest BCUT2D eigenvalue weighted by Crippen LogP contribution is 2.28. The average molecular weight is 291 g/mol. The second kappa shape index (κ2) is 6.21. The van der Waals surface area contributed by atoms with E-state index in [9.17, 15) is 23.7 Å². The van der Waals surface area contributed by atoms with Gasteiger partial charge in [0.1, 0.15) is 0 Å². The van der Waals surface area contributed by atoms with Crippen LogP contribution in [-0.2, 0) is 6.42 Å². The lowest BCUT2D eigenvalue weighted by Crippen LogP contribution is -2.06. The van der Waals surface area contributed by atoms with Crippen molar-refractivity contribution in [2.45, 2.75) is 12.8 Å². The third kappa shape index (κ3) is 3.47. The van der Waals surface area contributed by atoms with E-state index < -0.39 is 22.6 Å². The van der Waals surface area contributed by atoms with Gasteiger partial charge in [0.2, 0.25) is 0 Å². The second-order valence-corrected chi connectivity index (χ2v) is 4.41. The summed E-state index contributed by atoms with van der Waals surface area (Å²) in [7, 11) is 0. The van der Waals surface area contributed by atoms with Crippen LogP contribution >= 0.6 is 0 Å². The number of non-ortho nitro benzene ring substituents is 1. The molecular formula is C15H11F2NO3. The fourth-order valence-electron chi connectivity index (χ4n) is 1.96. The number of Topliss-reactive ketones (excluding diaryl/α,β-unsaturated/α-hetero) is 1. The fraction of sp³-hybridized carbons (Fsp3) is 0.133. The van der Waals surface area contributed by atoms with Crippen LogP contribution in [0.15, 0.2) is 48.5 Å². The number of nitro benzene ring substituents is 1. The number of rotatable bonds is 5. The third-order valence-corrected chi connectivity index (χ3v) is 3.02. The van der Waals surface area contributed by atoms with Crippen molar-refractivity contribution < 1.29 is 18.5 Å². The van der Waals surface area contributed by atoms with E-state index in [1.54, 1.807) is 30.3 Å². The number of hydrogen-bond donors (Lipinski definition) is 0. The zero-order chi connectivity index (χ0) is 15.4. The van der Waals surface area contributed by atoms with Gasteiger partial charge in [-0.2, -0.15) is 0 Å². The number of benzene rings is 2. The molecule has 0 amide bonds. The fourth-order valence-corrected chi connectivity index (χ4v) is 1.96. The Balaban J connectivity index is 2.31. The standard InChI is InChI=1S/C15H11F2NO3/c16-15(17)13-9-12(18(20)21)7-6-11(13)8-14(19)10-4-2-1-3-5-10/h1-7,9,15H,8H2. The van der Waals surface area contributed by atoms with Crippen molar-refractivity contribution in [2.24, 2.45) is 0 Å². The molecule has 0 unspecified atom stereocenters. The van der Waals surface area contributed by atoms with Crippen LogP contribution in [0.3, 0.4) is 0 Å². The van der Waals surface area contributed by atoms with Crippen molar-refractivity contribution in [1.82, 2.24) is 0 Å². The Labute approximate surface area is 119 Å². The minimum atomic E-state index is -2.87. The molecule has 108 valence electrons. The van der Waals surface area contributed by atoms with E-state index in [-0.39, 0.29) is 17.8 Å². The molecule has 21 heavy (non-hydrogen) atoms. The molecule has 6 heteroatoms. The second-order valence-electron chi connectivity index (χ2n) is 4.41. The molecule has 4 nitrogen and oxygen atoms in total. The van der Waals surface area contributed by atoms with Crippen molar-refractivity contribution in [3.05, 3.63) is 75.3 Å². The largest absolute Gasteiger partial charge is 0.294 e. The van der Waals surface area contributed by atoms with Crippen LogP contribution in [-0.4, -0.2) is 10.7 Å². The summed E-state index contributed by atoms with van der Waals surface area (Å²) in [6.45, 7) is 0. The number of alkyl halides is 2. The van der Waals surface area contributed by atoms with E-state index in [4.69, 9.17) is 0 Å². The summed E-state index contributed by atoms with van der Waals surface area (Å²) in [4.78, 5) is 21.9. The van der Waals surface area contributed by atoms with Gasteiger partial charge in [0.25, 0.3) is 12.1 Å². The van der Waals surface area contributed by atoms with Crippen molar-refractivity contribution in [1.29, 1.82) is 0 Å². The molecule has 0 N–H and O–H groups in total. The minimum Gasteiger partial charge on any atom is -0.294 e. The van der Waals surface area contributed by atoms with Gasteiger partial charge in [0.05, 0.1) is 4.92 Å². The number of hydrogen-bond acceptors (Lipinski definition) is 3. The monoisotopic (exact) mass is 291 g/mol. The van der Waals surface area contributed by atoms with E-state index in [1.807, 2.05) is 0 Å². The Morgan fingerprint density at radius 2 is 1.81 bits per heavy atom. The topological polar surface area (TPSA) is 60.2 Å². The van der Waals surface area contributed by atoms with Crippen LogP contribution in [0.5, 0.6) is 0 Å². The lowest BCUT2D eigenvalue weighted by molar-refractivity contribution is -0.385. The molecule has 2 aromatic rings. The lowest BCUT2D eigenvalue weighted by atomic mass is 9.98. The normalized spacial score (nSPS) is 10.6. The van der Waals surface area contributed by atoms with Crippen molar-refractivity contribution >= 4 is 11.5 Å². The molecule has 0 aromatic heterocycles. The molecule has 0 saturated heterocycles. The number of nitrogens with zero attached hydrogens (tertiary/aromatic N) is 1. The van der Waals surface area contributed by atoms with Gasteiger partial charge in [-0.25, -0.2) is 8.78 Å². The summed E-state index contributed by atoms with van der Waals surface area (Å²) in [5, 5.41) is 10.6. The maximum atomic E-state index is 13.0. The molecule has 0 aliphatic carbocycles. The molecule has 0 heterocycles. The molecule has 0 radical (unpaired) electrons. The molecule has 0 saturated carbocycles. The van der Waals surface area contributed by atoms with Crippen LogP contribution in [0.25, 0.3) is 0 Å². The van der Waals surface area contributed by atoms with E-state index in [0.717, 1.165) is 12.1 Å². The maximum Gasteiger partial charge on any atom is 0.269 e. The van der Waals surface area contributed by atoms with Gasteiger partial charge in [0, 0.05) is 29.7 Å². The molecule has 0 aliphatic rings. The summed E-state index contributed by atoms with van der Waals surface area (Å²) < 4.78 is 26.0. The Bertz CT molecular complexity index is 672. The van der Waals surface area contributed by atoms with E-state index in [0.29, 0.717) is 5.56 Å². The van der Waals surface area contributed by atoms with Crippen LogP contribution < -0.4 is 0 Å². The van der Waals surface area contributed by atoms with Gasteiger partial charge in [-0.15, -0.1) is 0 Å². The smallest absolute Gasteiger partial charge is 0.269 e. The summed E-state index contributed by atoms with van der Waals surface area (Å²) in [5.41, 5.74) is -0.379. The van der Waals surface area contributed by atoms with E-state index in [2.05, 4.69) is 0 Å². The molecule has 0 aliphatic heterocycles. The summed E-state index contributed by atoms with van der Waals surface area (Å²) in [6.07, 6.45) is -3.09. The molecule has 2 rings (SSSR count).